The lowest BCUT2D eigenvalue weighted by Gasteiger charge is -1.88. The Morgan fingerprint density at radius 3 is 2.69 bits per heavy atom. The number of aryl methyl sites for hydroxylation is 1. The molecule has 0 atom stereocenters. The number of thiophene rings is 1. The summed E-state index contributed by atoms with van der Waals surface area (Å²) in [5, 5.41) is 1.06. The van der Waals surface area contributed by atoms with Crippen LogP contribution in [0.15, 0.2) is 24.3 Å². The van der Waals surface area contributed by atoms with Gasteiger partial charge in [-0.1, -0.05) is 35.0 Å². The molecule has 1 heterocycles. The maximum atomic E-state index is 3.40. The number of rotatable bonds is 5. The Bertz CT molecular complexity index is 263. The molecule has 0 spiro atoms. The summed E-state index contributed by atoms with van der Waals surface area (Å²) in [4.78, 5) is 2.96. The van der Waals surface area contributed by atoms with E-state index in [1.807, 2.05) is 11.3 Å². The van der Waals surface area contributed by atoms with Crippen LogP contribution in [0.5, 0.6) is 0 Å². The maximum Gasteiger partial charge on any atom is 0.00858 e. The Morgan fingerprint density at radius 1 is 1.31 bits per heavy atom. The molecule has 0 aliphatic heterocycles. The SMILES string of the molecule is CCc1ccc(CC=CCCBr)s1. The van der Waals surface area contributed by atoms with E-state index in [1.54, 1.807) is 0 Å². The van der Waals surface area contributed by atoms with Gasteiger partial charge >= 0.3 is 0 Å². The largest absolute Gasteiger partial charge is 0.145 e. The molecular formula is C11H15BrS. The molecule has 0 radical (unpaired) electrons. The van der Waals surface area contributed by atoms with Gasteiger partial charge in [-0.05, 0) is 31.4 Å². The fourth-order valence-corrected chi connectivity index (χ4v) is 2.30. The summed E-state index contributed by atoms with van der Waals surface area (Å²) < 4.78 is 0. The molecule has 1 aromatic heterocycles. The molecule has 1 rings (SSSR count). The molecule has 0 bridgehead atoms. The van der Waals surface area contributed by atoms with Gasteiger partial charge in [0.25, 0.3) is 0 Å². The van der Waals surface area contributed by atoms with Crippen LogP contribution in [0.2, 0.25) is 0 Å². The molecule has 2 heteroatoms. The van der Waals surface area contributed by atoms with E-state index in [2.05, 4.69) is 47.1 Å². The molecule has 0 saturated carbocycles. The van der Waals surface area contributed by atoms with E-state index in [1.165, 1.54) is 9.75 Å². The highest BCUT2D eigenvalue weighted by molar-refractivity contribution is 9.09. The van der Waals surface area contributed by atoms with E-state index >= 15 is 0 Å². The molecule has 0 aliphatic rings. The second-order valence-corrected chi connectivity index (χ2v) is 4.92. The second-order valence-electron chi connectivity index (χ2n) is 2.87. The highest BCUT2D eigenvalue weighted by Crippen LogP contribution is 2.17. The zero-order chi connectivity index (χ0) is 9.52. The lowest BCUT2D eigenvalue weighted by molar-refractivity contribution is 1.19. The third kappa shape index (κ3) is 4.10. The summed E-state index contributed by atoms with van der Waals surface area (Å²) in [6.07, 6.45) is 7.88. The number of hydrogen-bond acceptors (Lipinski definition) is 1. The van der Waals surface area contributed by atoms with Crippen LogP contribution in [0, 0.1) is 0 Å². The van der Waals surface area contributed by atoms with Crippen molar-refractivity contribution in [1.29, 1.82) is 0 Å². The fraction of sp³-hybridized carbons (Fsp3) is 0.455. The maximum absolute atomic E-state index is 3.40. The van der Waals surface area contributed by atoms with E-state index in [0.29, 0.717) is 0 Å². The predicted octanol–water partition coefficient (Wildman–Crippen LogP) is 4.19. The van der Waals surface area contributed by atoms with Crippen LogP contribution in [0.3, 0.4) is 0 Å². The molecule has 1 aromatic rings. The van der Waals surface area contributed by atoms with Gasteiger partial charge < -0.3 is 0 Å². The standard InChI is InChI=1S/C11H15BrS/c1-2-10-7-8-11(13-10)6-4-3-5-9-12/h3-4,7-8H,2,5-6,9H2,1H3. The zero-order valence-corrected chi connectivity index (χ0v) is 10.3. The van der Waals surface area contributed by atoms with Crippen molar-refractivity contribution in [2.24, 2.45) is 0 Å². The van der Waals surface area contributed by atoms with Gasteiger partial charge in [0.05, 0.1) is 0 Å². The summed E-state index contributed by atoms with van der Waals surface area (Å²) in [7, 11) is 0. The van der Waals surface area contributed by atoms with E-state index in [9.17, 15) is 0 Å². The van der Waals surface area contributed by atoms with Crippen LogP contribution >= 0.6 is 27.3 Å². The average molecular weight is 259 g/mol. The van der Waals surface area contributed by atoms with Crippen molar-refractivity contribution in [3.63, 3.8) is 0 Å². The van der Waals surface area contributed by atoms with Crippen molar-refractivity contribution < 1.29 is 0 Å². The quantitative estimate of drug-likeness (QED) is 0.549. The van der Waals surface area contributed by atoms with Crippen molar-refractivity contribution in [3.8, 4) is 0 Å². The van der Waals surface area contributed by atoms with Crippen LogP contribution in [0.4, 0.5) is 0 Å². The van der Waals surface area contributed by atoms with Gasteiger partial charge in [-0.3, -0.25) is 0 Å². The molecule has 0 aliphatic carbocycles. The van der Waals surface area contributed by atoms with E-state index in [4.69, 9.17) is 0 Å². The Morgan fingerprint density at radius 2 is 2.08 bits per heavy atom. The van der Waals surface area contributed by atoms with Crippen LogP contribution in [-0.4, -0.2) is 5.33 Å². The third-order valence-electron chi connectivity index (χ3n) is 1.83. The molecule has 0 fully saturated rings. The van der Waals surface area contributed by atoms with Crippen molar-refractivity contribution in [3.05, 3.63) is 34.0 Å². The first-order valence-corrected chi connectivity index (χ1v) is 6.59. The van der Waals surface area contributed by atoms with Gasteiger partial charge in [0.2, 0.25) is 0 Å². The van der Waals surface area contributed by atoms with Gasteiger partial charge in [0.1, 0.15) is 0 Å². The molecule has 0 amide bonds. The van der Waals surface area contributed by atoms with Crippen molar-refractivity contribution in [1.82, 2.24) is 0 Å². The van der Waals surface area contributed by atoms with Crippen LogP contribution in [0.25, 0.3) is 0 Å². The molecule has 0 unspecified atom stereocenters. The Hall–Kier alpha value is -0.0800. The minimum Gasteiger partial charge on any atom is -0.145 e. The molecule has 0 nitrogen and oxygen atoms in total. The summed E-state index contributed by atoms with van der Waals surface area (Å²) in [5.74, 6) is 0. The van der Waals surface area contributed by atoms with Gasteiger partial charge in [-0.15, -0.1) is 11.3 Å². The lowest BCUT2D eigenvalue weighted by atomic mass is 10.3. The number of allylic oxidation sites excluding steroid dienone is 2. The van der Waals surface area contributed by atoms with Crippen LogP contribution < -0.4 is 0 Å². The summed E-state index contributed by atoms with van der Waals surface area (Å²) in [6, 6.07) is 4.47. The van der Waals surface area contributed by atoms with Gasteiger partial charge in [0.15, 0.2) is 0 Å². The summed E-state index contributed by atoms with van der Waals surface area (Å²) in [5.41, 5.74) is 0. The molecule has 0 N–H and O–H groups in total. The summed E-state index contributed by atoms with van der Waals surface area (Å²) >= 11 is 5.33. The van der Waals surface area contributed by atoms with Gasteiger partial charge in [-0.25, -0.2) is 0 Å². The minimum absolute atomic E-state index is 1.06. The van der Waals surface area contributed by atoms with E-state index in [0.717, 1.165) is 24.6 Å². The molecular weight excluding hydrogens is 244 g/mol. The average Bonchev–Trinajstić information content (AvgIpc) is 2.60. The van der Waals surface area contributed by atoms with Crippen LogP contribution in [-0.2, 0) is 12.8 Å². The monoisotopic (exact) mass is 258 g/mol. The first-order chi connectivity index (χ1) is 6.36. The Balaban J connectivity index is 2.36. The van der Waals surface area contributed by atoms with Gasteiger partial charge in [0, 0.05) is 15.1 Å². The van der Waals surface area contributed by atoms with E-state index in [-0.39, 0.29) is 0 Å². The van der Waals surface area contributed by atoms with E-state index < -0.39 is 0 Å². The summed E-state index contributed by atoms with van der Waals surface area (Å²) in [6.45, 7) is 2.20. The van der Waals surface area contributed by atoms with Crippen molar-refractivity contribution in [2.75, 3.05) is 5.33 Å². The Kier molecular flexibility index (Phi) is 5.40. The topological polar surface area (TPSA) is 0 Å². The predicted molar refractivity (Wildman–Crippen MR) is 65.0 cm³/mol. The normalized spacial score (nSPS) is 11.2. The second kappa shape index (κ2) is 6.39. The number of alkyl halides is 1. The highest BCUT2D eigenvalue weighted by Gasteiger charge is 1.95. The Labute approximate surface area is 92.8 Å². The molecule has 0 aromatic carbocycles. The van der Waals surface area contributed by atoms with Crippen LogP contribution in [0.1, 0.15) is 23.1 Å². The van der Waals surface area contributed by atoms with Crippen molar-refractivity contribution >= 4 is 27.3 Å². The number of halogens is 1. The van der Waals surface area contributed by atoms with Crippen molar-refractivity contribution in [2.45, 2.75) is 26.2 Å². The molecule has 0 saturated heterocycles. The highest BCUT2D eigenvalue weighted by atomic mass is 79.9. The smallest absolute Gasteiger partial charge is 0.00858 e. The fourth-order valence-electron chi connectivity index (χ4n) is 1.10. The molecule has 13 heavy (non-hydrogen) atoms. The lowest BCUT2D eigenvalue weighted by Crippen LogP contribution is -1.72. The minimum atomic E-state index is 1.06. The molecule has 72 valence electrons. The first-order valence-electron chi connectivity index (χ1n) is 4.65. The zero-order valence-electron chi connectivity index (χ0n) is 7.92. The van der Waals surface area contributed by atoms with Gasteiger partial charge in [-0.2, -0.15) is 0 Å². The third-order valence-corrected chi connectivity index (χ3v) is 3.54. The first kappa shape index (κ1) is 11.0. The number of hydrogen-bond donors (Lipinski definition) is 0.